The van der Waals surface area contributed by atoms with Crippen LogP contribution in [0.4, 0.5) is 5.69 Å². The van der Waals surface area contributed by atoms with Gasteiger partial charge in [0.25, 0.3) is 5.69 Å². The number of cyclic esters (lactones) is 1. The number of carbonyl (C=O) groups excluding carboxylic acids is 1. The average molecular weight is 388 g/mol. The first kappa shape index (κ1) is 18.4. The van der Waals surface area contributed by atoms with Crippen molar-refractivity contribution in [2.75, 3.05) is 6.61 Å². The largest absolute Gasteiger partial charge is 0.493 e. The van der Waals surface area contributed by atoms with E-state index in [1.54, 1.807) is 12.1 Å². The molecule has 1 aliphatic rings. The van der Waals surface area contributed by atoms with Crippen molar-refractivity contribution in [2.24, 2.45) is 4.99 Å². The van der Waals surface area contributed by atoms with Crippen LogP contribution in [0.1, 0.15) is 18.1 Å². The Morgan fingerprint density at radius 1 is 1.14 bits per heavy atom. The van der Waals surface area contributed by atoms with Crippen molar-refractivity contribution in [3.8, 4) is 5.75 Å². The van der Waals surface area contributed by atoms with Crippen LogP contribution in [0.25, 0.3) is 16.8 Å². The molecular formula is C22H16N2O5. The number of rotatable bonds is 5. The highest BCUT2D eigenvalue weighted by molar-refractivity contribution is 6.13. The first-order chi connectivity index (χ1) is 14.1. The van der Waals surface area contributed by atoms with Crippen molar-refractivity contribution in [2.45, 2.75) is 6.92 Å². The summed E-state index contributed by atoms with van der Waals surface area (Å²) < 4.78 is 11.0. The van der Waals surface area contributed by atoms with E-state index in [0.717, 1.165) is 16.3 Å². The topological polar surface area (TPSA) is 91.0 Å². The molecule has 7 heteroatoms. The van der Waals surface area contributed by atoms with Gasteiger partial charge in [-0.15, -0.1) is 0 Å². The lowest BCUT2D eigenvalue weighted by Crippen LogP contribution is -2.05. The van der Waals surface area contributed by atoms with Gasteiger partial charge in [0, 0.05) is 23.3 Å². The first-order valence-electron chi connectivity index (χ1n) is 8.98. The van der Waals surface area contributed by atoms with Gasteiger partial charge < -0.3 is 9.47 Å². The van der Waals surface area contributed by atoms with Gasteiger partial charge in [-0.1, -0.05) is 36.4 Å². The van der Waals surface area contributed by atoms with Crippen molar-refractivity contribution in [1.82, 2.24) is 0 Å². The molecule has 0 amide bonds. The van der Waals surface area contributed by atoms with Crippen LogP contribution in [0.5, 0.6) is 5.75 Å². The quantitative estimate of drug-likeness (QED) is 0.278. The lowest BCUT2D eigenvalue weighted by atomic mass is 10.0. The van der Waals surface area contributed by atoms with Crippen molar-refractivity contribution in [3.63, 3.8) is 0 Å². The van der Waals surface area contributed by atoms with E-state index in [2.05, 4.69) is 4.99 Å². The third kappa shape index (κ3) is 3.58. The fraction of sp³-hybridized carbons (Fsp3) is 0.0909. The maximum absolute atomic E-state index is 12.4. The molecule has 7 nitrogen and oxygen atoms in total. The molecule has 0 spiro atoms. The molecule has 0 aromatic heterocycles. The fourth-order valence-corrected chi connectivity index (χ4v) is 3.13. The zero-order valence-corrected chi connectivity index (χ0v) is 15.5. The van der Waals surface area contributed by atoms with Crippen LogP contribution in [-0.2, 0) is 9.53 Å². The summed E-state index contributed by atoms with van der Waals surface area (Å²) in [5, 5.41) is 12.9. The van der Waals surface area contributed by atoms with E-state index in [0.29, 0.717) is 17.9 Å². The molecule has 0 atom stereocenters. The summed E-state index contributed by atoms with van der Waals surface area (Å²) in [6.07, 6.45) is 1.63. The predicted molar refractivity (Wildman–Crippen MR) is 109 cm³/mol. The molecule has 29 heavy (non-hydrogen) atoms. The van der Waals surface area contributed by atoms with E-state index in [1.807, 2.05) is 43.3 Å². The van der Waals surface area contributed by atoms with Crippen LogP contribution in [0.2, 0.25) is 0 Å². The monoisotopic (exact) mass is 388 g/mol. The van der Waals surface area contributed by atoms with Crippen LogP contribution in [-0.4, -0.2) is 23.4 Å². The number of benzene rings is 3. The van der Waals surface area contributed by atoms with Gasteiger partial charge >= 0.3 is 5.97 Å². The van der Waals surface area contributed by atoms with Crippen LogP contribution < -0.4 is 4.74 Å². The van der Waals surface area contributed by atoms with Crippen LogP contribution in [0.15, 0.2) is 71.4 Å². The van der Waals surface area contributed by atoms with E-state index in [1.165, 1.54) is 18.2 Å². The number of nitro groups is 1. The summed E-state index contributed by atoms with van der Waals surface area (Å²) in [5.74, 6) is 0.0375. The molecule has 0 saturated heterocycles. The van der Waals surface area contributed by atoms with Crippen molar-refractivity contribution in [1.29, 1.82) is 0 Å². The zero-order valence-electron chi connectivity index (χ0n) is 15.5. The molecule has 0 N–H and O–H groups in total. The summed E-state index contributed by atoms with van der Waals surface area (Å²) in [6, 6.07) is 17.4. The van der Waals surface area contributed by atoms with Crippen molar-refractivity contribution < 1.29 is 19.2 Å². The summed E-state index contributed by atoms with van der Waals surface area (Å²) in [7, 11) is 0. The predicted octanol–water partition coefficient (Wildman–Crippen LogP) is 4.49. The molecule has 3 aromatic carbocycles. The Morgan fingerprint density at radius 2 is 1.97 bits per heavy atom. The highest BCUT2D eigenvalue weighted by Crippen LogP contribution is 2.32. The second-order valence-electron chi connectivity index (χ2n) is 6.28. The molecule has 0 unspecified atom stereocenters. The van der Waals surface area contributed by atoms with E-state index >= 15 is 0 Å². The molecule has 1 heterocycles. The Morgan fingerprint density at radius 3 is 2.76 bits per heavy atom. The number of nitrogens with zero attached hydrogens (tertiary/aromatic N) is 2. The van der Waals surface area contributed by atoms with Gasteiger partial charge in [-0.3, -0.25) is 10.1 Å². The number of esters is 1. The number of carbonyl (C=O) groups is 1. The SMILES string of the molecule is CCOc1ccc2ccccc2c1/C=C1\N=C(c2cccc([N+](=O)[O-])c2)OC1=O. The molecule has 0 fully saturated rings. The second kappa shape index (κ2) is 7.55. The summed E-state index contributed by atoms with van der Waals surface area (Å²) in [4.78, 5) is 27.2. The lowest BCUT2D eigenvalue weighted by molar-refractivity contribution is -0.384. The number of hydrogen-bond donors (Lipinski definition) is 0. The third-order valence-corrected chi connectivity index (χ3v) is 4.44. The normalized spacial score (nSPS) is 14.7. The number of ether oxygens (including phenoxy) is 2. The van der Waals surface area contributed by atoms with E-state index in [9.17, 15) is 14.9 Å². The lowest BCUT2D eigenvalue weighted by Gasteiger charge is -2.10. The Labute approximate surface area is 166 Å². The van der Waals surface area contributed by atoms with Crippen LogP contribution >= 0.6 is 0 Å². The Hall–Kier alpha value is -4.00. The highest BCUT2D eigenvalue weighted by Gasteiger charge is 2.26. The fourth-order valence-electron chi connectivity index (χ4n) is 3.13. The Kier molecular flexibility index (Phi) is 4.78. The van der Waals surface area contributed by atoms with Gasteiger partial charge in [-0.2, -0.15) is 0 Å². The number of aliphatic imine (C=N–C) groups is 1. The molecule has 0 aliphatic carbocycles. The number of fused-ring (bicyclic) bond motifs is 1. The van der Waals surface area contributed by atoms with E-state index < -0.39 is 10.9 Å². The maximum Gasteiger partial charge on any atom is 0.363 e. The van der Waals surface area contributed by atoms with Gasteiger partial charge in [0.1, 0.15) is 5.75 Å². The van der Waals surface area contributed by atoms with Gasteiger partial charge in [-0.05, 0) is 35.9 Å². The summed E-state index contributed by atoms with van der Waals surface area (Å²) in [6.45, 7) is 2.36. The second-order valence-corrected chi connectivity index (χ2v) is 6.28. The zero-order chi connectivity index (χ0) is 20.4. The van der Waals surface area contributed by atoms with Gasteiger partial charge in [-0.25, -0.2) is 9.79 Å². The molecular weight excluding hydrogens is 372 g/mol. The maximum atomic E-state index is 12.4. The standard InChI is InChI=1S/C22H16N2O5/c1-2-28-20-11-10-14-6-3-4-9-17(14)18(20)13-19-22(25)29-21(23-19)15-7-5-8-16(12-15)24(26)27/h3-13H,2H2,1H3/b19-13-. The highest BCUT2D eigenvalue weighted by atomic mass is 16.6. The Balaban J connectivity index is 1.81. The Bertz CT molecular complexity index is 1200. The van der Waals surface area contributed by atoms with Crippen molar-refractivity contribution in [3.05, 3.63) is 87.6 Å². The van der Waals surface area contributed by atoms with E-state index in [4.69, 9.17) is 9.47 Å². The minimum Gasteiger partial charge on any atom is -0.493 e. The third-order valence-electron chi connectivity index (χ3n) is 4.44. The minimum atomic E-state index is -0.623. The van der Waals surface area contributed by atoms with Crippen molar-refractivity contribution >= 4 is 34.4 Å². The molecule has 4 rings (SSSR count). The summed E-state index contributed by atoms with van der Waals surface area (Å²) in [5.41, 5.74) is 1.08. The minimum absolute atomic E-state index is 0.0307. The number of nitro benzene ring substituents is 1. The molecule has 0 bridgehead atoms. The average Bonchev–Trinajstić information content (AvgIpc) is 3.10. The van der Waals surface area contributed by atoms with Gasteiger partial charge in [0.2, 0.25) is 5.90 Å². The molecule has 1 aliphatic heterocycles. The number of non-ortho nitro benzene ring substituents is 1. The molecule has 0 radical (unpaired) electrons. The smallest absolute Gasteiger partial charge is 0.363 e. The summed E-state index contributed by atoms with van der Waals surface area (Å²) >= 11 is 0. The van der Waals surface area contributed by atoms with E-state index in [-0.39, 0.29) is 17.3 Å². The van der Waals surface area contributed by atoms with Crippen LogP contribution in [0.3, 0.4) is 0 Å². The molecule has 144 valence electrons. The molecule has 0 saturated carbocycles. The van der Waals surface area contributed by atoms with Gasteiger partial charge in [0.05, 0.1) is 11.5 Å². The molecule has 3 aromatic rings. The van der Waals surface area contributed by atoms with Crippen LogP contribution in [0, 0.1) is 10.1 Å². The van der Waals surface area contributed by atoms with Gasteiger partial charge in [0.15, 0.2) is 5.70 Å². The number of hydrogen-bond acceptors (Lipinski definition) is 6. The first-order valence-corrected chi connectivity index (χ1v) is 8.98.